The van der Waals surface area contributed by atoms with Crippen molar-refractivity contribution in [1.82, 2.24) is 20.3 Å². The molecule has 0 radical (unpaired) electrons. The molecule has 0 saturated carbocycles. The normalized spacial score (nSPS) is 10.8. The largest absolute Gasteiger partial charge is 0.479 e. The Morgan fingerprint density at radius 1 is 1.55 bits per heavy atom. The number of amides is 1. The Labute approximate surface area is 115 Å². The van der Waals surface area contributed by atoms with Gasteiger partial charge in [-0.05, 0) is 5.16 Å². The number of hydrogen-bond donors (Lipinski definition) is 2. The molecule has 0 aliphatic rings. The van der Waals surface area contributed by atoms with Crippen molar-refractivity contribution in [2.45, 2.75) is 32.6 Å². The maximum atomic E-state index is 11.7. The van der Waals surface area contributed by atoms with Crippen molar-refractivity contribution >= 4 is 11.9 Å². The number of H-pyrrole nitrogens is 1. The van der Waals surface area contributed by atoms with Crippen LogP contribution in [0.2, 0.25) is 0 Å². The van der Waals surface area contributed by atoms with Gasteiger partial charge >= 0.3 is 0 Å². The number of hydrogen-bond acceptors (Lipinski definition) is 6. The van der Waals surface area contributed by atoms with E-state index in [1.54, 1.807) is 6.07 Å². The quantitative estimate of drug-likeness (QED) is 0.829. The van der Waals surface area contributed by atoms with Crippen LogP contribution >= 0.6 is 0 Å². The van der Waals surface area contributed by atoms with Crippen LogP contribution in [0.1, 0.15) is 37.8 Å². The Balaban J connectivity index is 1.82. The third-order valence-corrected chi connectivity index (χ3v) is 2.65. The Morgan fingerprint density at radius 2 is 2.35 bits per heavy atom. The summed E-state index contributed by atoms with van der Waals surface area (Å²) in [6.07, 6.45) is 0.688. The van der Waals surface area contributed by atoms with Gasteiger partial charge in [-0.2, -0.15) is 4.98 Å². The second kappa shape index (κ2) is 6.18. The second-order valence-corrected chi connectivity index (χ2v) is 4.58. The number of nitrogens with zero attached hydrogens (tertiary/aromatic N) is 3. The number of methoxy groups -OCH3 is 1. The second-order valence-electron chi connectivity index (χ2n) is 4.58. The third kappa shape index (κ3) is 3.56. The van der Waals surface area contributed by atoms with Gasteiger partial charge in [0.25, 0.3) is 5.88 Å². The van der Waals surface area contributed by atoms with Gasteiger partial charge in [0.2, 0.25) is 11.9 Å². The number of rotatable bonds is 6. The zero-order valence-corrected chi connectivity index (χ0v) is 11.6. The molecule has 8 heteroatoms. The highest BCUT2D eigenvalue weighted by Crippen LogP contribution is 2.13. The van der Waals surface area contributed by atoms with Crippen LogP contribution < -0.4 is 10.1 Å². The van der Waals surface area contributed by atoms with E-state index in [0.29, 0.717) is 18.1 Å². The molecule has 1 amide bonds. The van der Waals surface area contributed by atoms with Crippen molar-refractivity contribution < 1.29 is 14.1 Å². The minimum Gasteiger partial charge on any atom is -0.479 e. The first kappa shape index (κ1) is 14.0. The van der Waals surface area contributed by atoms with Gasteiger partial charge in [0, 0.05) is 24.8 Å². The number of aryl methyl sites for hydroxylation is 1. The molecule has 0 aromatic carbocycles. The number of anilines is 1. The molecular formula is C12H17N5O3. The summed E-state index contributed by atoms with van der Waals surface area (Å²) >= 11 is 0. The molecule has 0 fully saturated rings. The summed E-state index contributed by atoms with van der Waals surface area (Å²) in [5.74, 6) is 2.06. The lowest BCUT2D eigenvalue weighted by Gasteiger charge is -1.99. The van der Waals surface area contributed by atoms with Crippen LogP contribution in [-0.2, 0) is 11.2 Å². The van der Waals surface area contributed by atoms with Crippen molar-refractivity contribution in [1.29, 1.82) is 0 Å². The van der Waals surface area contributed by atoms with E-state index in [4.69, 9.17) is 9.26 Å². The molecular weight excluding hydrogens is 262 g/mol. The molecule has 20 heavy (non-hydrogen) atoms. The number of aromatic amines is 1. The summed E-state index contributed by atoms with van der Waals surface area (Å²) in [4.78, 5) is 15.9. The highest BCUT2D eigenvalue weighted by Gasteiger charge is 2.11. The molecule has 0 aliphatic carbocycles. The van der Waals surface area contributed by atoms with E-state index in [1.807, 2.05) is 13.8 Å². The van der Waals surface area contributed by atoms with Gasteiger partial charge in [-0.25, -0.2) is 0 Å². The number of carbonyl (C=O) groups excluding carboxylic acids is 1. The predicted octanol–water partition coefficient (Wildman–Crippen LogP) is 1.50. The molecule has 0 unspecified atom stereocenters. The van der Waals surface area contributed by atoms with Crippen LogP contribution in [0.3, 0.4) is 0 Å². The third-order valence-electron chi connectivity index (χ3n) is 2.65. The molecule has 2 heterocycles. The van der Waals surface area contributed by atoms with Crippen molar-refractivity contribution in [3.05, 3.63) is 17.7 Å². The Kier molecular flexibility index (Phi) is 4.34. The van der Waals surface area contributed by atoms with Crippen molar-refractivity contribution in [2.75, 3.05) is 12.4 Å². The van der Waals surface area contributed by atoms with Crippen LogP contribution in [0, 0.1) is 0 Å². The van der Waals surface area contributed by atoms with Crippen LogP contribution in [0.4, 0.5) is 5.95 Å². The smallest absolute Gasteiger partial charge is 0.254 e. The molecule has 0 spiro atoms. The zero-order chi connectivity index (χ0) is 14.5. The summed E-state index contributed by atoms with van der Waals surface area (Å²) in [5, 5.41) is 13.0. The first-order chi connectivity index (χ1) is 9.58. The first-order valence-electron chi connectivity index (χ1n) is 6.30. The lowest BCUT2D eigenvalue weighted by Crippen LogP contribution is -2.13. The Hall–Kier alpha value is -2.38. The maximum Gasteiger partial charge on any atom is 0.254 e. The average Bonchev–Trinajstić information content (AvgIpc) is 3.04. The molecule has 108 valence electrons. The predicted molar refractivity (Wildman–Crippen MR) is 70.5 cm³/mol. The first-order valence-corrected chi connectivity index (χ1v) is 6.30. The molecule has 2 aromatic heterocycles. The van der Waals surface area contributed by atoms with Crippen LogP contribution in [-0.4, -0.2) is 33.4 Å². The standard InChI is InChI=1S/C12H17N5O3/c1-7(2)11-14-12(16-15-11)13-9(18)5-4-8-6-10(19-3)17-20-8/h6-7H,4-5H2,1-3H3,(H2,13,14,15,16,18). The molecule has 0 saturated heterocycles. The zero-order valence-electron chi connectivity index (χ0n) is 11.6. The van der Waals surface area contributed by atoms with Crippen LogP contribution in [0.25, 0.3) is 0 Å². The number of aromatic nitrogens is 4. The maximum absolute atomic E-state index is 11.7. The number of carbonyl (C=O) groups is 1. The van der Waals surface area contributed by atoms with Crippen molar-refractivity contribution in [2.24, 2.45) is 0 Å². The highest BCUT2D eigenvalue weighted by molar-refractivity contribution is 5.88. The minimum atomic E-state index is -0.185. The average molecular weight is 279 g/mol. The summed E-state index contributed by atoms with van der Waals surface area (Å²) < 4.78 is 9.89. The Morgan fingerprint density at radius 3 is 2.95 bits per heavy atom. The SMILES string of the molecule is COc1cc(CCC(=O)Nc2n[nH]c(C(C)C)n2)on1. The molecule has 2 N–H and O–H groups in total. The summed E-state index contributed by atoms with van der Waals surface area (Å²) in [7, 11) is 1.50. The fourth-order valence-corrected chi connectivity index (χ4v) is 1.52. The Bertz CT molecular complexity index is 575. The molecule has 2 aromatic rings. The van der Waals surface area contributed by atoms with Crippen LogP contribution in [0.15, 0.2) is 10.6 Å². The van der Waals surface area contributed by atoms with Gasteiger partial charge in [-0.3, -0.25) is 15.2 Å². The summed E-state index contributed by atoms with van der Waals surface area (Å²) in [6, 6.07) is 1.65. The monoisotopic (exact) mass is 279 g/mol. The molecule has 0 aliphatic heterocycles. The van der Waals surface area contributed by atoms with Gasteiger partial charge in [0.1, 0.15) is 11.6 Å². The number of ether oxygens (including phenoxy) is 1. The highest BCUT2D eigenvalue weighted by atomic mass is 16.5. The lowest BCUT2D eigenvalue weighted by atomic mass is 10.2. The number of nitrogens with one attached hydrogen (secondary N) is 2. The summed E-state index contributed by atoms with van der Waals surface area (Å²) in [5.41, 5.74) is 0. The fraction of sp³-hybridized carbons (Fsp3) is 0.500. The van der Waals surface area contributed by atoms with Crippen molar-refractivity contribution in [3.8, 4) is 5.88 Å². The topological polar surface area (TPSA) is 106 Å². The van der Waals surface area contributed by atoms with Gasteiger partial charge in [-0.1, -0.05) is 13.8 Å². The van der Waals surface area contributed by atoms with E-state index in [2.05, 4.69) is 25.7 Å². The molecule has 0 bridgehead atoms. The van der Waals surface area contributed by atoms with E-state index in [0.717, 1.165) is 5.82 Å². The molecule has 0 atom stereocenters. The minimum absolute atomic E-state index is 0.185. The molecule has 8 nitrogen and oxygen atoms in total. The van der Waals surface area contributed by atoms with E-state index in [9.17, 15) is 4.79 Å². The van der Waals surface area contributed by atoms with Gasteiger partial charge in [-0.15, -0.1) is 5.10 Å². The van der Waals surface area contributed by atoms with E-state index < -0.39 is 0 Å². The van der Waals surface area contributed by atoms with E-state index in [1.165, 1.54) is 7.11 Å². The van der Waals surface area contributed by atoms with Gasteiger partial charge < -0.3 is 9.26 Å². The summed E-state index contributed by atoms with van der Waals surface area (Å²) in [6.45, 7) is 3.98. The van der Waals surface area contributed by atoms with Gasteiger partial charge in [0.15, 0.2) is 0 Å². The van der Waals surface area contributed by atoms with Crippen LogP contribution in [0.5, 0.6) is 5.88 Å². The lowest BCUT2D eigenvalue weighted by molar-refractivity contribution is -0.116. The fourth-order valence-electron chi connectivity index (χ4n) is 1.52. The van der Waals surface area contributed by atoms with Crippen molar-refractivity contribution in [3.63, 3.8) is 0 Å². The molecule has 2 rings (SSSR count). The van der Waals surface area contributed by atoms with E-state index >= 15 is 0 Å². The van der Waals surface area contributed by atoms with Gasteiger partial charge in [0.05, 0.1) is 7.11 Å². The van der Waals surface area contributed by atoms with E-state index in [-0.39, 0.29) is 24.2 Å².